The van der Waals surface area contributed by atoms with Crippen molar-refractivity contribution in [2.45, 2.75) is 13.0 Å². The summed E-state index contributed by atoms with van der Waals surface area (Å²) >= 11 is 6.08. The molecule has 0 aliphatic heterocycles. The second-order valence-electron chi connectivity index (χ2n) is 4.08. The lowest BCUT2D eigenvalue weighted by Crippen LogP contribution is -2.11. The summed E-state index contributed by atoms with van der Waals surface area (Å²) in [5, 5.41) is 3.66. The van der Waals surface area contributed by atoms with Crippen molar-refractivity contribution in [3.05, 3.63) is 28.8 Å². The molecule has 0 bridgehead atoms. The molecule has 1 rings (SSSR count). The highest BCUT2D eigenvalue weighted by Gasteiger charge is 2.08. The van der Waals surface area contributed by atoms with Crippen molar-refractivity contribution in [2.75, 3.05) is 25.7 Å². The van der Waals surface area contributed by atoms with E-state index >= 15 is 0 Å². The lowest BCUT2D eigenvalue weighted by atomic mass is 10.2. The van der Waals surface area contributed by atoms with E-state index in [4.69, 9.17) is 16.3 Å². The Bertz CT molecular complexity index is 488. The smallest absolute Gasteiger partial charge is 0.147 e. The molecule has 1 aromatic carbocycles. The van der Waals surface area contributed by atoms with Crippen LogP contribution in [0.25, 0.3) is 0 Å². The zero-order valence-corrected chi connectivity index (χ0v) is 12.1. The minimum atomic E-state index is -2.93. The summed E-state index contributed by atoms with van der Waals surface area (Å²) in [5.74, 6) is 0.833. The van der Waals surface area contributed by atoms with Crippen LogP contribution in [0, 0.1) is 0 Å². The van der Waals surface area contributed by atoms with Gasteiger partial charge in [0.25, 0.3) is 0 Å². The molecule has 18 heavy (non-hydrogen) atoms. The molecule has 0 heterocycles. The summed E-state index contributed by atoms with van der Waals surface area (Å²) in [6.07, 6.45) is 1.70. The fourth-order valence-electron chi connectivity index (χ4n) is 1.53. The molecule has 0 unspecified atom stereocenters. The Morgan fingerprint density at radius 3 is 2.72 bits per heavy atom. The van der Waals surface area contributed by atoms with Crippen molar-refractivity contribution in [3.63, 3.8) is 0 Å². The van der Waals surface area contributed by atoms with Crippen LogP contribution < -0.4 is 10.1 Å². The second-order valence-corrected chi connectivity index (χ2v) is 6.75. The average Bonchev–Trinajstić information content (AvgIpc) is 2.27. The summed E-state index contributed by atoms with van der Waals surface area (Å²) in [7, 11) is -1.10. The quantitative estimate of drug-likeness (QED) is 0.779. The van der Waals surface area contributed by atoms with Gasteiger partial charge >= 0.3 is 0 Å². The van der Waals surface area contributed by atoms with Crippen LogP contribution in [0.4, 0.5) is 0 Å². The van der Waals surface area contributed by atoms with E-state index in [9.17, 15) is 8.42 Å². The molecule has 102 valence electrons. The number of benzene rings is 1. The van der Waals surface area contributed by atoms with Crippen molar-refractivity contribution < 1.29 is 13.2 Å². The minimum absolute atomic E-state index is 0.134. The van der Waals surface area contributed by atoms with E-state index in [1.54, 1.807) is 6.07 Å². The van der Waals surface area contributed by atoms with Gasteiger partial charge in [0, 0.05) is 23.4 Å². The number of hydrogen-bond donors (Lipinski definition) is 1. The number of hydrogen-bond acceptors (Lipinski definition) is 4. The van der Waals surface area contributed by atoms with Crippen molar-refractivity contribution >= 4 is 21.4 Å². The van der Waals surface area contributed by atoms with E-state index in [0.717, 1.165) is 5.56 Å². The van der Waals surface area contributed by atoms with Crippen LogP contribution in [0.5, 0.6) is 5.75 Å². The number of ether oxygens (including phenoxy) is 1. The van der Waals surface area contributed by atoms with Gasteiger partial charge in [0.2, 0.25) is 0 Å². The molecule has 6 heteroatoms. The first-order valence-electron chi connectivity index (χ1n) is 5.66. The molecular formula is C12H18ClNO3S. The molecule has 0 aliphatic rings. The Kier molecular flexibility index (Phi) is 5.91. The lowest BCUT2D eigenvalue weighted by molar-refractivity contribution is 0.314. The van der Waals surface area contributed by atoms with E-state index in [-0.39, 0.29) is 5.75 Å². The largest absolute Gasteiger partial charge is 0.493 e. The molecule has 0 saturated heterocycles. The Morgan fingerprint density at radius 2 is 2.11 bits per heavy atom. The highest BCUT2D eigenvalue weighted by molar-refractivity contribution is 7.90. The molecule has 0 atom stereocenters. The molecule has 0 radical (unpaired) electrons. The molecule has 1 N–H and O–H groups in total. The molecular weight excluding hydrogens is 274 g/mol. The van der Waals surface area contributed by atoms with E-state index in [1.165, 1.54) is 6.26 Å². The SMILES string of the molecule is CNCc1c(Cl)cccc1OCCCS(C)(=O)=O. The van der Waals surface area contributed by atoms with Crippen LogP contribution in [0.2, 0.25) is 5.02 Å². The Labute approximate surface area is 113 Å². The van der Waals surface area contributed by atoms with Gasteiger partial charge in [-0.15, -0.1) is 0 Å². The Hall–Kier alpha value is -0.780. The first-order valence-corrected chi connectivity index (χ1v) is 8.10. The van der Waals surface area contributed by atoms with E-state index in [2.05, 4.69) is 5.32 Å². The molecule has 0 amide bonds. The Balaban J connectivity index is 2.59. The molecule has 0 aliphatic carbocycles. The predicted molar refractivity (Wildman–Crippen MR) is 74.0 cm³/mol. The van der Waals surface area contributed by atoms with E-state index < -0.39 is 9.84 Å². The maximum atomic E-state index is 11.0. The summed E-state index contributed by atoms with van der Waals surface area (Å²) < 4.78 is 27.5. The monoisotopic (exact) mass is 291 g/mol. The van der Waals surface area contributed by atoms with Gasteiger partial charge in [-0.25, -0.2) is 8.42 Å². The number of halogens is 1. The average molecular weight is 292 g/mol. The maximum Gasteiger partial charge on any atom is 0.147 e. The summed E-state index contributed by atoms with van der Waals surface area (Å²) in [5.41, 5.74) is 0.890. The zero-order valence-electron chi connectivity index (χ0n) is 10.6. The van der Waals surface area contributed by atoms with Crippen LogP contribution in [0.3, 0.4) is 0 Å². The van der Waals surface area contributed by atoms with Gasteiger partial charge in [0.15, 0.2) is 0 Å². The van der Waals surface area contributed by atoms with E-state index in [1.807, 2.05) is 19.2 Å². The number of rotatable bonds is 7. The van der Waals surface area contributed by atoms with Crippen LogP contribution in [0.15, 0.2) is 18.2 Å². The van der Waals surface area contributed by atoms with E-state index in [0.29, 0.717) is 30.3 Å². The second kappa shape index (κ2) is 6.97. The van der Waals surface area contributed by atoms with Gasteiger partial charge in [-0.3, -0.25) is 0 Å². The van der Waals surface area contributed by atoms with Gasteiger partial charge in [0.05, 0.1) is 12.4 Å². The standard InChI is InChI=1S/C12H18ClNO3S/c1-14-9-10-11(13)5-3-6-12(10)17-7-4-8-18(2,15)16/h3,5-6,14H,4,7-9H2,1-2H3. The summed E-state index contributed by atoms with van der Waals surface area (Å²) in [6, 6.07) is 5.45. The lowest BCUT2D eigenvalue weighted by Gasteiger charge is -2.12. The Morgan fingerprint density at radius 1 is 1.39 bits per heavy atom. The predicted octanol–water partition coefficient (Wildman–Crippen LogP) is 1.87. The van der Waals surface area contributed by atoms with Crippen LogP contribution in [-0.2, 0) is 16.4 Å². The molecule has 0 spiro atoms. The number of sulfone groups is 1. The first-order chi connectivity index (χ1) is 8.44. The van der Waals surface area contributed by atoms with Gasteiger partial charge in [-0.05, 0) is 25.6 Å². The fraction of sp³-hybridized carbons (Fsp3) is 0.500. The normalized spacial score (nSPS) is 11.5. The van der Waals surface area contributed by atoms with Crippen molar-refractivity contribution in [2.24, 2.45) is 0 Å². The third-order valence-electron chi connectivity index (χ3n) is 2.35. The van der Waals surface area contributed by atoms with Crippen LogP contribution in [-0.4, -0.2) is 34.1 Å². The molecule has 0 fully saturated rings. The third kappa shape index (κ3) is 5.25. The van der Waals surface area contributed by atoms with Crippen molar-refractivity contribution in [1.29, 1.82) is 0 Å². The third-order valence-corrected chi connectivity index (χ3v) is 3.73. The maximum absolute atomic E-state index is 11.0. The first kappa shape index (κ1) is 15.3. The summed E-state index contributed by atoms with van der Waals surface area (Å²) in [4.78, 5) is 0. The van der Waals surface area contributed by atoms with Gasteiger partial charge in [0.1, 0.15) is 15.6 Å². The minimum Gasteiger partial charge on any atom is -0.493 e. The van der Waals surface area contributed by atoms with Gasteiger partial charge < -0.3 is 10.1 Å². The molecule has 1 aromatic rings. The summed E-state index contributed by atoms with van der Waals surface area (Å²) in [6.45, 7) is 0.977. The molecule has 0 saturated carbocycles. The van der Waals surface area contributed by atoms with Crippen LogP contribution >= 0.6 is 11.6 Å². The fourth-order valence-corrected chi connectivity index (χ4v) is 2.40. The van der Waals surface area contributed by atoms with Gasteiger partial charge in [-0.2, -0.15) is 0 Å². The topological polar surface area (TPSA) is 55.4 Å². The number of nitrogens with one attached hydrogen (secondary N) is 1. The molecule has 4 nitrogen and oxygen atoms in total. The zero-order chi connectivity index (χ0) is 13.6. The van der Waals surface area contributed by atoms with Crippen molar-refractivity contribution in [1.82, 2.24) is 5.32 Å². The van der Waals surface area contributed by atoms with Crippen LogP contribution in [0.1, 0.15) is 12.0 Å². The highest BCUT2D eigenvalue weighted by Crippen LogP contribution is 2.26. The van der Waals surface area contributed by atoms with Gasteiger partial charge in [-0.1, -0.05) is 17.7 Å². The molecule has 0 aromatic heterocycles. The highest BCUT2D eigenvalue weighted by atomic mass is 35.5. The van der Waals surface area contributed by atoms with Crippen molar-refractivity contribution in [3.8, 4) is 5.75 Å².